The largest absolute Gasteiger partial charge is 0.467 e. The van der Waals surface area contributed by atoms with Crippen LogP contribution in [0.25, 0.3) is 0 Å². The maximum atomic E-state index is 11.8. The molecular weight excluding hydrogens is 280 g/mol. The van der Waals surface area contributed by atoms with Crippen LogP contribution in [0.5, 0.6) is 0 Å². The van der Waals surface area contributed by atoms with Crippen LogP contribution < -0.4 is 11.1 Å². The van der Waals surface area contributed by atoms with Gasteiger partial charge in [-0.2, -0.15) is 0 Å². The fourth-order valence-corrected chi connectivity index (χ4v) is 1.65. The Morgan fingerprint density at radius 1 is 1.30 bits per heavy atom. The smallest absolute Gasteiger partial charge is 0.328 e. The summed E-state index contributed by atoms with van der Waals surface area (Å²) in [5.74, 6) is -0.811. The SMILES string of the molecule is CC[C@H](N)C(=O)NC(Cc1ccccc1)C(=O)OC.Cl. The Bertz CT molecular complexity index is 426. The minimum Gasteiger partial charge on any atom is -0.467 e. The zero-order valence-electron chi connectivity index (χ0n) is 11.7. The van der Waals surface area contributed by atoms with Crippen molar-refractivity contribution in [3.05, 3.63) is 35.9 Å². The molecule has 0 bridgehead atoms. The van der Waals surface area contributed by atoms with Crippen molar-refractivity contribution >= 4 is 24.3 Å². The van der Waals surface area contributed by atoms with Crippen LogP contribution in [0.15, 0.2) is 30.3 Å². The summed E-state index contributed by atoms with van der Waals surface area (Å²) in [5.41, 5.74) is 6.58. The summed E-state index contributed by atoms with van der Waals surface area (Å²) in [6, 6.07) is 8.11. The number of esters is 1. The zero-order chi connectivity index (χ0) is 14.3. The van der Waals surface area contributed by atoms with Crippen LogP contribution in [0, 0.1) is 0 Å². The molecular formula is C14H21ClN2O3. The van der Waals surface area contributed by atoms with E-state index < -0.39 is 18.1 Å². The molecule has 0 saturated heterocycles. The summed E-state index contributed by atoms with van der Waals surface area (Å²) in [7, 11) is 1.30. The van der Waals surface area contributed by atoms with E-state index >= 15 is 0 Å². The first kappa shape index (κ1) is 18.4. The van der Waals surface area contributed by atoms with E-state index in [1.165, 1.54) is 7.11 Å². The molecule has 0 aliphatic rings. The normalized spacial score (nSPS) is 12.8. The quantitative estimate of drug-likeness (QED) is 0.769. The van der Waals surface area contributed by atoms with E-state index in [2.05, 4.69) is 5.32 Å². The molecule has 0 saturated carbocycles. The van der Waals surface area contributed by atoms with Crippen molar-refractivity contribution in [1.82, 2.24) is 5.32 Å². The van der Waals surface area contributed by atoms with Gasteiger partial charge in [-0.15, -0.1) is 12.4 Å². The molecule has 1 aromatic rings. The number of carbonyl (C=O) groups is 2. The topological polar surface area (TPSA) is 81.4 Å². The van der Waals surface area contributed by atoms with E-state index in [0.29, 0.717) is 12.8 Å². The van der Waals surface area contributed by atoms with Crippen LogP contribution in [-0.4, -0.2) is 31.1 Å². The Hall–Kier alpha value is -1.59. The molecule has 5 nitrogen and oxygen atoms in total. The molecule has 0 spiro atoms. The Labute approximate surface area is 125 Å². The van der Waals surface area contributed by atoms with Crippen molar-refractivity contribution in [2.75, 3.05) is 7.11 Å². The molecule has 0 radical (unpaired) electrons. The summed E-state index contributed by atoms with van der Waals surface area (Å²) in [6.45, 7) is 1.81. The highest BCUT2D eigenvalue weighted by atomic mass is 35.5. The molecule has 0 aliphatic carbocycles. The molecule has 1 rings (SSSR count). The van der Waals surface area contributed by atoms with Crippen LogP contribution in [0.4, 0.5) is 0 Å². The average Bonchev–Trinajstić information content (AvgIpc) is 2.45. The Kier molecular flexibility index (Phi) is 8.59. The van der Waals surface area contributed by atoms with Gasteiger partial charge in [-0.05, 0) is 12.0 Å². The molecule has 0 fully saturated rings. The maximum Gasteiger partial charge on any atom is 0.328 e. The van der Waals surface area contributed by atoms with Gasteiger partial charge in [0.2, 0.25) is 5.91 Å². The lowest BCUT2D eigenvalue weighted by molar-refractivity contribution is -0.145. The Balaban J connectivity index is 0.00000361. The van der Waals surface area contributed by atoms with Crippen molar-refractivity contribution < 1.29 is 14.3 Å². The minimum atomic E-state index is -0.711. The van der Waals surface area contributed by atoms with E-state index in [0.717, 1.165) is 5.56 Å². The number of amides is 1. The van der Waals surface area contributed by atoms with Gasteiger partial charge in [0, 0.05) is 6.42 Å². The number of carbonyl (C=O) groups excluding carboxylic acids is 2. The number of ether oxygens (including phenoxy) is 1. The number of hydrogen-bond acceptors (Lipinski definition) is 4. The minimum absolute atomic E-state index is 0. The number of halogens is 1. The molecule has 3 N–H and O–H groups in total. The van der Waals surface area contributed by atoms with Gasteiger partial charge in [0.05, 0.1) is 13.2 Å². The van der Waals surface area contributed by atoms with Crippen LogP contribution in [0.1, 0.15) is 18.9 Å². The van der Waals surface area contributed by atoms with Gasteiger partial charge in [0.15, 0.2) is 0 Å². The number of rotatable bonds is 6. The summed E-state index contributed by atoms with van der Waals surface area (Å²) in [4.78, 5) is 23.4. The Morgan fingerprint density at radius 2 is 1.90 bits per heavy atom. The predicted octanol–water partition coefficient (Wildman–Crippen LogP) is 1.05. The average molecular weight is 301 g/mol. The first-order chi connectivity index (χ1) is 9.08. The standard InChI is InChI=1S/C14H20N2O3.ClH/c1-3-11(15)13(17)16-12(14(18)19-2)9-10-7-5-4-6-8-10;/h4-8,11-12H,3,9,15H2,1-2H3,(H,16,17);1H/t11-,12?;/m0./s1. The highest BCUT2D eigenvalue weighted by Crippen LogP contribution is 2.05. The zero-order valence-corrected chi connectivity index (χ0v) is 12.5. The molecule has 0 aliphatic heterocycles. The second kappa shape index (κ2) is 9.34. The number of methoxy groups -OCH3 is 1. The number of nitrogens with two attached hydrogens (primary N) is 1. The molecule has 6 heteroatoms. The third-order valence-corrected chi connectivity index (χ3v) is 2.86. The number of benzene rings is 1. The van der Waals surface area contributed by atoms with E-state index in [1.807, 2.05) is 37.3 Å². The van der Waals surface area contributed by atoms with Gasteiger partial charge < -0.3 is 15.8 Å². The lowest BCUT2D eigenvalue weighted by Gasteiger charge is -2.18. The lowest BCUT2D eigenvalue weighted by Crippen LogP contribution is -2.49. The van der Waals surface area contributed by atoms with Gasteiger partial charge in [0.1, 0.15) is 6.04 Å². The maximum absolute atomic E-state index is 11.8. The van der Waals surface area contributed by atoms with E-state index in [9.17, 15) is 9.59 Å². The molecule has 0 heterocycles. The predicted molar refractivity (Wildman–Crippen MR) is 79.6 cm³/mol. The molecule has 1 aromatic carbocycles. The van der Waals surface area contributed by atoms with Crippen molar-refractivity contribution in [3.63, 3.8) is 0 Å². The van der Waals surface area contributed by atoms with Gasteiger partial charge >= 0.3 is 5.97 Å². The third-order valence-electron chi connectivity index (χ3n) is 2.86. The molecule has 112 valence electrons. The van der Waals surface area contributed by atoms with Crippen LogP contribution >= 0.6 is 12.4 Å². The Morgan fingerprint density at radius 3 is 2.40 bits per heavy atom. The fourth-order valence-electron chi connectivity index (χ4n) is 1.65. The van der Waals surface area contributed by atoms with E-state index in [-0.39, 0.29) is 18.3 Å². The van der Waals surface area contributed by atoms with Crippen molar-refractivity contribution in [1.29, 1.82) is 0 Å². The molecule has 0 aromatic heterocycles. The molecule has 20 heavy (non-hydrogen) atoms. The molecule has 2 atom stereocenters. The van der Waals surface area contributed by atoms with Crippen LogP contribution in [0.2, 0.25) is 0 Å². The van der Waals surface area contributed by atoms with Gasteiger partial charge in [-0.25, -0.2) is 4.79 Å². The summed E-state index contributed by atoms with van der Waals surface area (Å²) < 4.78 is 4.70. The third kappa shape index (κ3) is 5.59. The highest BCUT2D eigenvalue weighted by molar-refractivity contribution is 5.87. The second-order valence-corrected chi connectivity index (χ2v) is 4.29. The van der Waals surface area contributed by atoms with Gasteiger partial charge in [-0.3, -0.25) is 4.79 Å². The van der Waals surface area contributed by atoms with Crippen molar-refractivity contribution in [3.8, 4) is 0 Å². The summed E-state index contributed by atoms with van der Waals surface area (Å²) in [5, 5.41) is 2.63. The fraction of sp³-hybridized carbons (Fsp3) is 0.429. The highest BCUT2D eigenvalue weighted by Gasteiger charge is 2.23. The van der Waals surface area contributed by atoms with Crippen molar-refractivity contribution in [2.45, 2.75) is 31.8 Å². The van der Waals surface area contributed by atoms with E-state index in [4.69, 9.17) is 10.5 Å². The van der Waals surface area contributed by atoms with Crippen LogP contribution in [0.3, 0.4) is 0 Å². The number of nitrogens with one attached hydrogen (secondary N) is 1. The summed E-state index contributed by atoms with van der Waals surface area (Å²) >= 11 is 0. The molecule has 1 amide bonds. The first-order valence-corrected chi connectivity index (χ1v) is 6.26. The lowest BCUT2D eigenvalue weighted by atomic mass is 10.1. The van der Waals surface area contributed by atoms with Crippen molar-refractivity contribution in [2.24, 2.45) is 5.73 Å². The second-order valence-electron chi connectivity index (χ2n) is 4.29. The first-order valence-electron chi connectivity index (χ1n) is 6.26. The van der Waals surface area contributed by atoms with Gasteiger partial charge in [-0.1, -0.05) is 37.3 Å². The van der Waals surface area contributed by atoms with E-state index in [1.54, 1.807) is 0 Å². The number of hydrogen-bond donors (Lipinski definition) is 2. The molecule has 1 unspecified atom stereocenters. The monoisotopic (exact) mass is 300 g/mol. The van der Waals surface area contributed by atoms with Gasteiger partial charge in [0.25, 0.3) is 0 Å². The summed E-state index contributed by atoms with van der Waals surface area (Å²) in [6.07, 6.45) is 0.904. The van der Waals surface area contributed by atoms with Crippen LogP contribution in [-0.2, 0) is 20.7 Å².